The van der Waals surface area contributed by atoms with Crippen LogP contribution < -0.4 is 0 Å². The van der Waals surface area contributed by atoms with Crippen LogP contribution in [0.2, 0.25) is 0 Å². The van der Waals surface area contributed by atoms with Crippen molar-refractivity contribution in [2.75, 3.05) is 6.54 Å². The van der Waals surface area contributed by atoms with Crippen LogP contribution in [0.1, 0.15) is 34.7 Å². The van der Waals surface area contributed by atoms with Gasteiger partial charge in [0, 0.05) is 17.9 Å². The molecule has 0 radical (unpaired) electrons. The number of carbonyl (C=O) groups is 1. The third-order valence-corrected chi connectivity index (χ3v) is 5.02. The van der Waals surface area contributed by atoms with E-state index in [-0.39, 0.29) is 11.9 Å². The van der Waals surface area contributed by atoms with E-state index in [1.54, 1.807) is 12.5 Å². The minimum absolute atomic E-state index is 0.0374. The molecule has 0 bridgehead atoms. The molecule has 6 heteroatoms. The van der Waals surface area contributed by atoms with E-state index in [9.17, 15) is 4.79 Å². The van der Waals surface area contributed by atoms with Crippen molar-refractivity contribution in [2.24, 2.45) is 0 Å². The fraction of sp³-hybridized carbons (Fsp3) is 0.350. The topological polar surface area (TPSA) is 56.0 Å². The van der Waals surface area contributed by atoms with Crippen molar-refractivity contribution in [3.63, 3.8) is 0 Å². The van der Waals surface area contributed by atoms with Gasteiger partial charge >= 0.3 is 0 Å². The average Bonchev–Trinajstić information content (AvgIpc) is 3.36. The first-order valence-corrected chi connectivity index (χ1v) is 9.03. The standard InChI is InChI=1S/C20H23N5O/c1-15-11-16(2)25(22-15)13-18-9-6-10-23(18)20(26)19-12-21-14-24(19)17-7-4-3-5-8-17/h3-5,7-8,11-12,14,18H,6,9-10,13H2,1-2H3/t18-/m0/s1. The lowest BCUT2D eigenvalue weighted by molar-refractivity contribution is 0.0713. The molecule has 1 atom stereocenters. The van der Waals surface area contributed by atoms with E-state index in [0.29, 0.717) is 5.69 Å². The normalized spacial score (nSPS) is 17.0. The van der Waals surface area contributed by atoms with Crippen LogP contribution >= 0.6 is 0 Å². The van der Waals surface area contributed by atoms with E-state index in [1.165, 1.54) is 0 Å². The zero-order valence-electron chi connectivity index (χ0n) is 15.2. The van der Waals surface area contributed by atoms with Crippen LogP contribution in [0.4, 0.5) is 0 Å². The molecular formula is C20H23N5O. The number of imidazole rings is 1. The number of hydrogen-bond donors (Lipinski definition) is 0. The van der Waals surface area contributed by atoms with Gasteiger partial charge in [0.25, 0.3) is 5.91 Å². The number of rotatable bonds is 4. The molecule has 26 heavy (non-hydrogen) atoms. The summed E-state index contributed by atoms with van der Waals surface area (Å²) in [6, 6.07) is 12.1. The highest BCUT2D eigenvalue weighted by Gasteiger charge is 2.31. The molecule has 0 N–H and O–H groups in total. The van der Waals surface area contributed by atoms with Crippen molar-refractivity contribution in [3.8, 4) is 5.69 Å². The summed E-state index contributed by atoms with van der Waals surface area (Å²) in [5.74, 6) is 0.0374. The monoisotopic (exact) mass is 349 g/mol. The average molecular weight is 349 g/mol. The van der Waals surface area contributed by atoms with Crippen molar-refractivity contribution in [2.45, 2.75) is 39.3 Å². The van der Waals surface area contributed by atoms with E-state index in [1.807, 2.05) is 51.4 Å². The first kappa shape index (κ1) is 16.6. The van der Waals surface area contributed by atoms with Crippen molar-refractivity contribution in [1.29, 1.82) is 0 Å². The molecule has 0 saturated carbocycles. The highest BCUT2D eigenvalue weighted by atomic mass is 16.2. The third kappa shape index (κ3) is 3.03. The maximum absolute atomic E-state index is 13.2. The Hall–Kier alpha value is -2.89. The summed E-state index contributed by atoms with van der Waals surface area (Å²) >= 11 is 0. The van der Waals surface area contributed by atoms with Crippen molar-refractivity contribution in [1.82, 2.24) is 24.2 Å². The maximum atomic E-state index is 13.2. The molecule has 2 aromatic heterocycles. The number of para-hydroxylation sites is 1. The highest BCUT2D eigenvalue weighted by molar-refractivity contribution is 5.93. The van der Waals surface area contributed by atoms with E-state index in [4.69, 9.17) is 0 Å². The summed E-state index contributed by atoms with van der Waals surface area (Å²) in [5.41, 5.74) is 3.70. The van der Waals surface area contributed by atoms with Crippen molar-refractivity contribution < 1.29 is 4.79 Å². The largest absolute Gasteiger partial charge is 0.332 e. The number of aryl methyl sites for hydroxylation is 2. The van der Waals surface area contributed by atoms with Gasteiger partial charge in [-0.15, -0.1) is 0 Å². The molecule has 0 spiro atoms. The first-order valence-electron chi connectivity index (χ1n) is 9.03. The van der Waals surface area contributed by atoms with E-state index in [0.717, 1.165) is 43.0 Å². The lowest BCUT2D eigenvalue weighted by Crippen LogP contribution is -2.39. The molecule has 1 amide bonds. The van der Waals surface area contributed by atoms with Crippen LogP contribution in [0, 0.1) is 13.8 Å². The Bertz CT molecular complexity index is 911. The summed E-state index contributed by atoms with van der Waals surface area (Å²) in [7, 11) is 0. The molecule has 134 valence electrons. The second-order valence-electron chi connectivity index (χ2n) is 6.89. The first-order chi connectivity index (χ1) is 12.6. The molecule has 1 aromatic carbocycles. The van der Waals surface area contributed by atoms with Crippen molar-refractivity contribution >= 4 is 5.91 Å². The Labute approximate surface area is 153 Å². The Kier molecular flexibility index (Phi) is 4.32. The van der Waals surface area contributed by atoms with Gasteiger partial charge in [-0.05, 0) is 44.9 Å². The van der Waals surface area contributed by atoms with Crippen LogP contribution in [0.15, 0.2) is 48.9 Å². The number of carbonyl (C=O) groups excluding carboxylic acids is 1. The lowest BCUT2D eigenvalue weighted by atomic mass is 10.2. The Morgan fingerprint density at radius 1 is 1.23 bits per heavy atom. The van der Waals surface area contributed by atoms with Gasteiger partial charge in [-0.3, -0.25) is 14.0 Å². The fourth-order valence-electron chi connectivity index (χ4n) is 3.75. The molecule has 1 aliphatic heterocycles. The number of amides is 1. The molecular weight excluding hydrogens is 326 g/mol. The molecule has 0 aliphatic carbocycles. The molecule has 1 aliphatic rings. The minimum Gasteiger partial charge on any atom is -0.332 e. The zero-order valence-corrected chi connectivity index (χ0v) is 15.2. The predicted molar refractivity (Wildman–Crippen MR) is 99.3 cm³/mol. The Morgan fingerprint density at radius 3 is 2.77 bits per heavy atom. The van der Waals surface area contributed by atoms with Gasteiger partial charge in [-0.1, -0.05) is 18.2 Å². The van der Waals surface area contributed by atoms with E-state index < -0.39 is 0 Å². The second kappa shape index (κ2) is 6.78. The minimum atomic E-state index is 0.0374. The van der Waals surface area contributed by atoms with Gasteiger partial charge in [0.05, 0.1) is 30.8 Å². The predicted octanol–water partition coefficient (Wildman–Crippen LogP) is 2.99. The number of hydrogen-bond acceptors (Lipinski definition) is 3. The summed E-state index contributed by atoms with van der Waals surface area (Å²) in [6.07, 6.45) is 5.39. The number of nitrogens with zero attached hydrogens (tertiary/aromatic N) is 5. The van der Waals surface area contributed by atoms with E-state index in [2.05, 4.69) is 23.1 Å². The number of benzene rings is 1. The van der Waals surface area contributed by atoms with Crippen molar-refractivity contribution in [3.05, 3.63) is 66.0 Å². The molecule has 3 aromatic rings. The number of likely N-dealkylation sites (tertiary alicyclic amines) is 1. The smallest absolute Gasteiger partial charge is 0.272 e. The highest BCUT2D eigenvalue weighted by Crippen LogP contribution is 2.23. The van der Waals surface area contributed by atoms with Crippen LogP contribution in [-0.4, -0.2) is 42.7 Å². The fourth-order valence-corrected chi connectivity index (χ4v) is 3.75. The SMILES string of the molecule is Cc1cc(C)n(C[C@@H]2CCCN2C(=O)c2cncn2-c2ccccc2)n1. The summed E-state index contributed by atoms with van der Waals surface area (Å²) < 4.78 is 3.88. The van der Waals surface area contributed by atoms with Gasteiger partial charge in [0.15, 0.2) is 0 Å². The van der Waals surface area contributed by atoms with Crippen LogP contribution in [0.5, 0.6) is 0 Å². The molecule has 4 rings (SSSR count). The third-order valence-electron chi connectivity index (χ3n) is 5.02. The van der Waals surface area contributed by atoms with Gasteiger partial charge in [0.1, 0.15) is 5.69 Å². The zero-order chi connectivity index (χ0) is 18.1. The molecule has 6 nitrogen and oxygen atoms in total. The second-order valence-corrected chi connectivity index (χ2v) is 6.89. The summed E-state index contributed by atoms with van der Waals surface area (Å²) in [6.45, 7) is 5.58. The van der Waals surface area contributed by atoms with Crippen LogP contribution in [0.3, 0.4) is 0 Å². The van der Waals surface area contributed by atoms with Crippen LogP contribution in [-0.2, 0) is 6.54 Å². The molecule has 1 fully saturated rings. The Balaban J connectivity index is 1.58. The molecule has 0 unspecified atom stereocenters. The van der Waals surface area contributed by atoms with E-state index >= 15 is 0 Å². The van der Waals surface area contributed by atoms with Gasteiger partial charge in [-0.25, -0.2) is 4.98 Å². The number of aromatic nitrogens is 4. The Morgan fingerprint density at radius 2 is 2.04 bits per heavy atom. The quantitative estimate of drug-likeness (QED) is 0.728. The van der Waals surface area contributed by atoms with Crippen LogP contribution in [0.25, 0.3) is 5.69 Å². The van der Waals surface area contributed by atoms with Gasteiger partial charge in [-0.2, -0.15) is 5.10 Å². The molecule has 3 heterocycles. The summed E-state index contributed by atoms with van der Waals surface area (Å²) in [5, 5.41) is 4.56. The van der Waals surface area contributed by atoms with Gasteiger partial charge < -0.3 is 4.90 Å². The summed E-state index contributed by atoms with van der Waals surface area (Å²) in [4.78, 5) is 19.4. The van der Waals surface area contributed by atoms with Gasteiger partial charge in [0.2, 0.25) is 0 Å². The molecule has 1 saturated heterocycles. The maximum Gasteiger partial charge on any atom is 0.272 e. The lowest BCUT2D eigenvalue weighted by Gasteiger charge is -2.25.